The second kappa shape index (κ2) is 7.05. The van der Waals surface area contributed by atoms with Gasteiger partial charge < -0.3 is 4.42 Å². The van der Waals surface area contributed by atoms with Gasteiger partial charge in [0.1, 0.15) is 35.1 Å². The van der Waals surface area contributed by atoms with Gasteiger partial charge in [0, 0.05) is 16.7 Å². The summed E-state index contributed by atoms with van der Waals surface area (Å²) < 4.78 is 48.5. The number of halogens is 3. The van der Waals surface area contributed by atoms with Crippen molar-refractivity contribution in [1.29, 1.82) is 0 Å². The average molecular weight is 394 g/mol. The number of hydrogen-bond acceptors (Lipinski definition) is 3. The van der Waals surface area contributed by atoms with Gasteiger partial charge in [-0.1, -0.05) is 0 Å². The number of hydrogen-bond donors (Lipinski definition) is 0. The zero-order valence-corrected chi connectivity index (χ0v) is 15.1. The third-order valence-corrected chi connectivity index (χ3v) is 4.85. The quantitative estimate of drug-likeness (QED) is 0.392. The van der Waals surface area contributed by atoms with E-state index in [1.54, 1.807) is 0 Å². The molecule has 0 bridgehead atoms. The van der Waals surface area contributed by atoms with Crippen molar-refractivity contribution >= 4 is 23.5 Å². The lowest BCUT2D eigenvalue weighted by Crippen LogP contribution is -1.95. The molecular weight excluding hydrogens is 381 g/mol. The molecule has 4 aromatic rings. The minimum absolute atomic E-state index is 0.0318. The van der Waals surface area contributed by atoms with Gasteiger partial charge in [0.05, 0.1) is 10.9 Å². The maximum absolute atomic E-state index is 15.5. The Hall–Kier alpha value is -3.67. The van der Waals surface area contributed by atoms with Crippen LogP contribution in [0.3, 0.4) is 0 Å². The van der Waals surface area contributed by atoms with Crippen LogP contribution in [-0.2, 0) is 0 Å². The number of fused-ring (bicyclic) bond motifs is 1. The third-order valence-electron chi connectivity index (χ3n) is 4.85. The number of aldehydes is 2. The fraction of sp³-hybridized carbons (Fsp3) is 0.0435. The van der Waals surface area contributed by atoms with Crippen LogP contribution in [-0.4, -0.2) is 12.6 Å². The van der Waals surface area contributed by atoms with Crippen molar-refractivity contribution in [3.05, 3.63) is 82.7 Å². The fourth-order valence-corrected chi connectivity index (χ4v) is 3.36. The van der Waals surface area contributed by atoms with E-state index in [0.29, 0.717) is 18.1 Å². The number of rotatable bonds is 4. The molecule has 0 aliphatic heterocycles. The molecule has 4 rings (SSSR count). The first kappa shape index (κ1) is 18.7. The topological polar surface area (TPSA) is 47.3 Å². The molecule has 0 aliphatic carbocycles. The largest absolute Gasteiger partial charge is 0.455 e. The zero-order chi connectivity index (χ0) is 20.7. The lowest BCUT2D eigenvalue weighted by atomic mass is 9.95. The molecule has 6 heteroatoms. The molecule has 3 aromatic carbocycles. The molecule has 0 fully saturated rings. The van der Waals surface area contributed by atoms with Crippen molar-refractivity contribution in [3.63, 3.8) is 0 Å². The summed E-state index contributed by atoms with van der Waals surface area (Å²) in [7, 11) is 0. The van der Waals surface area contributed by atoms with Crippen LogP contribution in [0.5, 0.6) is 0 Å². The van der Waals surface area contributed by atoms with E-state index in [4.69, 9.17) is 4.42 Å². The molecule has 0 amide bonds. The minimum Gasteiger partial charge on any atom is -0.455 e. The lowest BCUT2D eigenvalue weighted by Gasteiger charge is -2.10. The Balaban J connectivity index is 2.00. The molecule has 0 spiro atoms. The van der Waals surface area contributed by atoms with Crippen molar-refractivity contribution in [2.24, 2.45) is 0 Å². The molecule has 1 heterocycles. The first-order valence-electron chi connectivity index (χ1n) is 8.66. The second-order valence-corrected chi connectivity index (χ2v) is 6.56. The van der Waals surface area contributed by atoms with E-state index in [1.165, 1.54) is 49.4 Å². The number of benzene rings is 3. The van der Waals surface area contributed by atoms with Gasteiger partial charge in [0.15, 0.2) is 6.29 Å². The summed E-state index contributed by atoms with van der Waals surface area (Å²) >= 11 is 0. The standard InChI is InChI=1S/C23H13F3O3/c1-12-17(8-13(10-27)9-19(12)25)16-6-7-20-21(22(16)26)18(11-28)23(29-20)14-2-4-15(24)5-3-14/h2-11H,1H3. The Morgan fingerprint density at radius 3 is 2.24 bits per heavy atom. The third kappa shape index (κ3) is 3.02. The first-order valence-corrected chi connectivity index (χ1v) is 8.66. The normalized spacial score (nSPS) is 11.0. The number of carbonyl (C=O) groups excluding carboxylic acids is 2. The molecule has 0 aliphatic rings. The van der Waals surface area contributed by atoms with Crippen molar-refractivity contribution in [1.82, 2.24) is 0 Å². The van der Waals surface area contributed by atoms with Crippen LogP contribution >= 0.6 is 0 Å². The Morgan fingerprint density at radius 1 is 0.862 bits per heavy atom. The van der Waals surface area contributed by atoms with Crippen LogP contribution in [0.1, 0.15) is 26.3 Å². The Bertz CT molecular complexity index is 1270. The number of furan rings is 1. The predicted octanol–water partition coefficient (Wildman–Crippen LogP) is 6.12. The first-order chi connectivity index (χ1) is 13.9. The van der Waals surface area contributed by atoms with E-state index in [1.807, 2.05) is 0 Å². The fourth-order valence-electron chi connectivity index (χ4n) is 3.36. The molecule has 0 saturated heterocycles. The van der Waals surface area contributed by atoms with Gasteiger partial charge in [-0.05, 0) is 66.6 Å². The molecule has 0 saturated carbocycles. The van der Waals surface area contributed by atoms with Crippen LogP contribution in [0, 0.1) is 24.4 Å². The Kier molecular flexibility index (Phi) is 4.54. The predicted molar refractivity (Wildman–Crippen MR) is 102 cm³/mol. The average Bonchev–Trinajstić information content (AvgIpc) is 3.10. The van der Waals surface area contributed by atoms with Gasteiger partial charge >= 0.3 is 0 Å². The van der Waals surface area contributed by atoms with Crippen LogP contribution in [0.25, 0.3) is 33.4 Å². The highest BCUT2D eigenvalue weighted by Gasteiger charge is 2.22. The lowest BCUT2D eigenvalue weighted by molar-refractivity contribution is 0.111. The molecule has 0 N–H and O–H groups in total. The molecule has 3 nitrogen and oxygen atoms in total. The van der Waals surface area contributed by atoms with E-state index in [2.05, 4.69) is 0 Å². The highest BCUT2D eigenvalue weighted by molar-refractivity contribution is 6.04. The molecule has 0 atom stereocenters. The van der Waals surface area contributed by atoms with E-state index in [0.717, 1.165) is 6.07 Å². The monoisotopic (exact) mass is 394 g/mol. The molecular formula is C23H13F3O3. The molecule has 29 heavy (non-hydrogen) atoms. The van der Waals surface area contributed by atoms with Crippen molar-refractivity contribution in [2.75, 3.05) is 0 Å². The highest BCUT2D eigenvalue weighted by atomic mass is 19.1. The van der Waals surface area contributed by atoms with E-state index >= 15 is 4.39 Å². The smallest absolute Gasteiger partial charge is 0.154 e. The summed E-state index contributed by atoms with van der Waals surface area (Å²) in [5.74, 6) is -1.76. The molecule has 1 aromatic heterocycles. The summed E-state index contributed by atoms with van der Waals surface area (Å²) in [5, 5.41) is -0.0619. The summed E-state index contributed by atoms with van der Waals surface area (Å²) in [5.41, 5.74) is 0.977. The van der Waals surface area contributed by atoms with Gasteiger partial charge in [-0.25, -0.2) is 13.2 Å². The number of carbonyl (C=O) groups is 2. The maximum Gasteiger partial charge on any atom is 0.154 e. The van der Waals surface area contributed by atoms with Crippen LogP contribution in [0.2, 0.25) is 0 Å². The SMILES string of the molecule is Cc1c(F)cc(C=O)cc1-c1ccc2oc(-c3ccc(F)cc3)c(C=O)c2c1F. The Morgan fingerprint density at radius 2 is 1.59 bits per heavy atom. The van der Waals surface area contributed by atoms with Crippen LogP contribution in [0.4, 0.5) is 13.2 Å². The zero-order valence-electron chi connectivity index (χ0n) is 15.1. The molecule has 0 unspecified atom stereocenters. The van der Waals surface area contributed by atoms with E-state index in [-0.39, 0.29) is 44.5 Å². The van der Waals surface area contributed by atoms with Gasteiger partial charge in [-0.2, -0.15) is 0 Å². The highest BCUT2D eigenvalue weighted by Crippen LogP contribution is 2.38. The van der Waals surface area contributed by atoms with Crippen molar-refractivity contribution < 1.29 is 27.2 Å². The van der Waals surface area contributed by atoms with E-state index in [9.17, 15) is 18.4 Å². The summed E-state index contributed by atoms with van der Waals surface area (Å²) in [6, 6.07) is 10.6. The van der Waals surface area contributed by atoms with Gasteiger partial charge in [-0.3, -0.25) is 9.59 Å². The summed E-state index contributed by atoms with van der Waals surface area (Å²) in [6.45, 7) is 1.48. The van der Waals surface area contributed by atoms with Gasteiger partial charge in [0.2, 0.25) is 0 Å². The van der Waals surface area contributed by atoms with Gasteiger partial charge in [-0.15, -0.1) is 0 Å². The Labute approximate surface area is 163 Å². The van der Waals surface area contributed by atoms with Crippen LogP contribution < -0.4 is 0 Å². The van der Waals surface area contributed by atoms with Crippen LogP contribution in [0.15, 0.2) is 52.9 Å². The maximum atomic E-state index is 15.5. The second-order valence-electron chi connectivity index (χ2n) is 6.56. The van der Waals surface area contributed by atoms with Crippen molar-refractivity contribution in [2.45, 2.75) is 6.92 Å². The van der Waals surface area contributed by atoms with E-state index < -0.39 is 17.5 Å². The van der Waals surface area contributed by atoms with Crippen molar-refractivity contribution in [3.8, 4) is 22.5 Å². The summed E-state index contributed by atoms with van der Waals surface area (Å²) in [4.78, 5) is 22.8. The van der Waals surface area contributed by atoms with Gasteiger partial charge in [0.25, 0.3) is 0 Å². The molecule has 144 valence electrons. The minimum atomic E-state index is -0.771. The molecule has 0 radical (unpaired) electrons. The summed E-state index contributed by atoms with van der Waals surface area (Å²) in [6.07, 6.45) is 0.941.